The number of anilines is 1. The van der Waals surface area contributed by atoms with E-state index >= 15 is 0 Å². The van der Waals surface area contributed by atoms with Crippen LogP contribution in [0.25, 0.3) is 0 Å². The van der Waals surface area contributed by atoms with Gasteiger partial charge in [-0.25, -0.2) is 9.97 Å². The standard InChI is InChI=1S/C8H10BrN3O.C4H9NO.C2H6/c9-6-3-10-8(11-4-6)12-7-1-2-13-5-7;5-4-1-2-6-3-4;1-2/h3-4,7H,1-2,5H2,(H,10,11,12);4H,1-3,5H2;1-2H3. The fraction of sp³-hybridized carbons (Fsp3) is 0.714. The smallest absolute Gasteiger partial charge is 0.222 e. The Morgan fingerprint density at radius 3 is 2.19 bits per heavy atom. The van der Waals surface area contributed by atoms with E-state index in [0.29, 0.717) is 18.0 Å². The van der Waals surface area contributed by atoms with Crippen LogP contribution in [0.5, 0.6) is 0 Å². The van der Waals surface area contributed by atoms with Crippen LogP contribution < -0.4 is 11.1 Å². The quantitative estimate of drug-likeness (QED) is 0.841. The van der Waals surface area contributed by atoms with Crippen LogP contribution in [-0.2, 0) is 9.47 Å². The first-order valence-electron chi connectivity index (χ1n) is 7.39. The van der Waals surface area contributed by atoms with E-state index in [-0.39, 0.29) is 0 Å². The zero-order valence-electron chi connectivity index (χ0n) is 12.7. The molecule has 21 heavy (non-hydrogen) atoms. The normalized spacial score (nSPS) is 23.6. The molecule has 0 spiro atoms. The van der Waals surface area contributed by atoms with Gasteiger partial charge in [0.1, 0.15) is 0 Å². The lowest BCUT2D eigenvalue weighted by Crippen LogP contribution is -2.20. The number of hydrogen-bond donors (Lipinski definition) is 2. The second-order valence-electron chi connectivity index (χ2n) is 4.55. The Morgan fingerprint density at radius 2 is 1.76 bits per heavy atom. The number of nitrogens with one attached hydrogen (secondary N) is 1. The highest BCUT2D eigenvalue weighted by Gasteiger charge is 2.15. The van der Waals surface area contributed by atoms with Gasteiger partial charge in [0.05, 0.1) is 23.7 Å². The molecule has 0 aromatic carbocycles. The van der Waals surface area contributed by atoms with E-state index in [9.17, 15) is 0 Å². The maximum atomic E-state index is 5.41. The van der Waals surface area contributed by atoms with Gasteiger partial charge in [-0.2, -0.15) is 0 Å². The van der Waals surface area contributed by atoms with Gasteiger partial charge in [-0.1, -0.05) is 13.8 Å². The summed E-state index contributed by atoms with van der Waals surface area (Å²) in [6.45, 7) is 7.20. The fourth-order valence-electron chi connectivity index (χ4n) is 1.77. The van der Waals surface area contributed by atoms with Crippen molar-refractivity contribution in [2.75, 3.05) is 31.7 Å². The molecule has 3 rings (SSSR count). The Labute approximate surface area is 135 Å². The number of nitrogens with zero attached hydrogens (tertiary/aromatic N) is 2. The van der Waals surface area contributed by atoms with E-state index in [0.717, 1.165) is 43.7 Å². The lowest BCUT2D eigenvalue weighted by Gasteiger charge is -2.09. The molecule has 0 saturated carbocycles. The SMILES string of the molecule is Brc1cnc(NC2CCOC2)nc1.CC.NC1CCOC1. The summed E-state index contributed by atoms with van der Waals surface area (Å²) in [4.78, 5) is 8.23. The topological polar surface area (TPSA) is 82.3 Å². The third-order valence-electron chi connectivity index (χ3n) is 2.85. The maximum Gasteiger partial charge on any atom is 0.222 e. The third-order valence-corrected chi connectivity index (χ3v) is 3.26. The lowest BCUT2D eigenvalue weighted by molar-refractivity contribution is 0.194. The average Bonchev–Trinajstić information content (AvgIpc) is 3.18. The molecule has 3 N–H and O–H groups in total. The molecule has 0 aliphatic carbocycles. The molecule has 0 radical (unpaired) electrons. The zero-order chi connectivity index (χ0) is 15.5. The van der Waals surface area contributed by atoms with Crippen LogP contribution >= 0.6 is 15.9 Å². The summed E-state index contributed by atoms with van der Waals surface area (Å²) in [6, 6.07) is 0.686. The summed E-state index contributed by atoms with van der Waals surface area (Å²) in [5, 5.41) is 3.20. The molecule has 3 heterocycles. The predicted octanol–water partition coefficient (Wildman–Crippen LogP) is 2.20. The third kappa shape index (κ3) is 7.71. The number of ether oxygens (including phenoxy) is 2. The maximum absolute atomic E-state index is 5.41. The van der Waals surface area contributed by atoms with E-state index < -0.39 is 0 Å². The molecule has 7 heteroatoms. The summed E-state index contributed by atoms with van der Waals surface area (Å²) in [7, 11) is 0. The minimum atomic E-state index is 0.324. The van der Waals surface area contributed by atoms with Gasteiger partial charge >= 0.3 is 0 Å². The van der Waals surface area contributed by atoms with Crippen molar-refractivity contribution in [3.8, 4) is 0 Å². The Bertz CT molecular complexity index is 366. The van der Waals surface area contributed by atoms with E-state index in [1.165, 1.54) is 0 Å². The highest BCUT2D eigenvalue weighted by molar-refractivity contribution is 9.10. The fourth-order valence-corrected chi connectivity index (χ4v) is 1.98. The van der Waals surface area contributed by atoms with Crippen LogP contribution in [-0.4, -0.2) is 48.5 Å². The second kappa shape index (κ2) is 10.9. The summed E-state index contributed by atoms with van der Waals surface area (Å²) < 4.78 is 11.0. The van der Waals surface area contributed by atoms with Crippen molar-refractivity contribution in [2.24, 2.45) is 5.73 Å². The summed E-state index contributed by atoms with van der Waals surface area (Å²) >= 11 is 3.28. The lowest BCUT2D eigenvalue weighted by atomic mass is 10.3. The Balaban J connectivity index is 0.000000231. The van der Waals surface area contributed by atoms with Crippen molar-refractivity contribution < 1.29 is 9.47 Å². The minimum absolute atomic E-state index is 0.324. The van der Waals surface area contributed by atoms with E-state index in [1.54, 1.807) is 12.4 Å². The van der Waals surface area contributed by atoms with Gasteiger partial charge in [0.2, 0.25) is 5.95 Å². The van der Waals surface area contributed by atoms with Crippen molar-refractivity contribution in [2.45, 2.75) is 38.8 Å². The number of aromatic nitrogens is 2. The summed E-state index contributed by atoms with van der Waals surface area (Å²) in [5.74, 6) is 0.665. The van der Waals surface area contributed by atoms with Gasteiger partial charge in [0.25, 0.3) is 0 Å². The molecule has 0 amide bonds. The van der Waals surface area contributed by atoms with Crippen LogP contribution in [0.15, 0.2) is 16.9 Å². The minimum Gasteiger partial charge on any atom is -0.380 e. The molecule has 120 valence electrons. The molecule has 1 aromatic heterocycles. The van der Waals surface area contributed by atoms with E-state index in [1.807, 2.05) is 13.8 Å². The van der Waals surface area contributed by atoms with Crippen molar-refractivity contribution in [1.29, 1.82) is 0 Å². The van der Waals surface area contributed by atoms with Crippen LogP contribution in [0.4, 0.5) is 5.95 Å². The van der Waals surface area contributed by atoms with Crippen molar-refractivity contribution >= 4 is 21.9 Å². The Kier molecular flexibility index (Phi) is 9.49. The molecule has 0 bridgehead atoms. The average molecular weight is 361 g/mol. The van der Waals surface area contributed by atoms with Crippen LogP contribution in [0, 0.1) is 0 Å². The molecule has 2 aliphatic rings. The molecule has 2 aliphatic heterocycles. The van der Waals surface area contributed by atoms with Crippen molar-refractivity contribution in [3.05, 3.63) is 16.9 Å². The summed E-state index contributed by atoms with van der Waals surface area (Å²) in [6.07, 6.45) is 5.52. The van der Waals surface area contributed by atoms with E-state index in [2.05, 4.69) is 31.2 Å². The number of nitrogens with two attached hydrogens (primary N) is 1. The highest BCUT2D eigenvalue weighted by Crippen LogP contribution is 2.11. The van der Waals surface area contributed by atoms with Gasteiger partial charge in [0, 0.05) is 31.6 Å². The van der Waals surface area contributed by atoms with Gasteiger partial charge in [-0.15, -0.1) is 0 Å². The Morgan fingerprint density at radius 1 is 1.14 bits per heavy atom. The zero-order valence-corrected chi connectivity index (χ0v) is 14.3. The first kappa shape index (κ1) is 18.3. The van der Waals surface area contributed by atoms with Crippen molar-refractivity contribution in [1.82, 2.24) is 9.97 Å². The largest absolute Gasteiger partial charge is 0.380 e. The molecule has 2 saturated heterocycles. The second-order valence-corrected chi connectivity index (χ2v) is 5.47. The molecule has 6 nitrogen and oxygen atoms in total. The Hall–Kier alpha value is -0.760. The molecular formula is C14H25BrN4O2. The van der Waals surface area contributed by atoms with Gasteiger partial charge in [-0.3, -0.25) is 0 Å². The first-order chi connectivity index (χ1) is 10.2. The first-order valence-corrected chi connectivity index (χ1v) is 8.18. The number of hydrogen-bond acceptors (Lipinski definition) is 6. The van der Waals surface area contributed by atoms with Gasteiger partial charge < -0.3 is 20.5 Å². The van der Waals surface area contributed by atoms with Crippen LogP contribution in [0.2, 0.25) is 0 Å². The van der Waals surface area contributed by atoms with Crippen molar-refractivity contribution in [3.63, 3.8) is 0 Å². The molecule has 1 aromatic rings. The molecule has 2 fully saturated rings. The van der Waals surface area contributed by atoms with Gasteiger partial charge in [0.15, 0.2) is 0 Å². The highest BCUT2D eigenvalue weighted by atomic mass is 79.9. The molecular weight excluding hydrogens is 336 g/mol. The monoisotopic (exact) mass is 360 g/mol. The number of halogens is 1. The van der Waals surface area contributed by atoms with Gasteiger partial charge in [-0.05, 0) is 28.8 Å². The predicted molar refractivity (Wildman–Crippen MR) is 87.3 cm³/mol. The molecule has 2 atom stereocenters. The van der Waals surface area contributed by atoms with Crippen LogP contribution in [0.3, 0.4) is 0 Å². The van der Waals surface area contributed by atoms with E-state index in [4.69, 9.17) is 15.2 Å². The summed E-state index contributed by atoms with van der Waals surface area (Å²) in [5.41, 5.74) is 5.41. The number of rotatable bonds is 2. The molecule has 2 unspecified atom stereocenters. The van der Waals surface area contributed by atoms with Crippen LogP contribution in [0.1, 0.15) is 26.7 Å².